The number of nitrogens with one attached hydrogen (secondary N) is 1. The molecule has 0 saturated carbocycles. The number of amides is 3. The second-order valence-electron chi connectivity index (χ2n) is 9.04. The molecule has 3 aromatic rings. The predicted octanol–water partition coefficient (Wildman–Crippen LogP) is 5.37. The number of carbonyl (C=O) groups is 2. The van der Waals surface area contributed by atoms with Crippen LogP contribution in [0.2, 0.25) is 0 Å². The third-order valence-corrected chi connectivity index (χ3v) is 6.79. The van der Waals surface area contributed by atoms with Gasteiger partial charge in [-0.3, -0.25) is 14.6 Å². The first-order valence-corrected chi connectivity index (χ1v) is 11.3. The quantitative estimate of drug-likeness (QED) is 0.570. The summed E-state index contributed by atoms with van der Waals surface area (Å²) in [5.74, 6) is 0.384. The van der Waals surface area contributed by atoms with Crippen molar-refractivity contribution in [2.75, 3.05) is 6.54 Å². The number of unbranched alkanes of at least 4 members (excludes halogenated alkanes) is 1. The number of hydrogen-bond acceptors (Lipinski definition) is 2. The fraction of sp³-hybridized carbons (Fsp3) is 0.385. The highest BCUT2D eigenvalue weighted by Crippen LogP contribution is 2.44. The van der Waals surface area contributed by atoms with Gasteiger partial charge in [-0.25, -0.2) is 4.79 Å². The summed E-state index contributed by atoms with van der Waals surface area (Å²) in [7, 11) is 0. The molecule has 0 spiro atoms. The Balaban J connectivity index is 1.65. The van der Waals surface area contributed by atoms with E-state index in [-0.39, 0.29) is 18.0 Å². The molecule has 31 heavy (non-hydrogen) atoms. The molecule has 2 aliphatic rings. The molecule has 160 valence electrons. The number of carbonyl (C=O) groups excluding carboxylic acids is 2. The summed E-state index contributed by atoms with van der Waals surface area (Å²) in [5.41, 5.74) is 5.56. The largest absolute Gasteiger partial charge is 0.356 e. The molecule has 0 bridgehead atoms. The predicted molar refractivity (Wildman–Crippen MR) is 122 cm³/mol. The van der Waals surface area contributed by atoms with E-state index in [9.17, 15) is 9.59 Å². The number of para-hydroxylation sites is 1. The van der Waals surface area contributed by atoms with Crippen molar-refractivity contribution in [3.63, 3.8) is 0 Å². The summed E-state index contributed by atoms with van der Waals surface area (Å²) in [4.78, 5) is 33.6. The maximum Gasteiger partial charge on any atom is 0.328 e. The van der Waals surface area contributed by atoms with Crippen LogP contribution in [0.3, 0.4) is 0 Å². The number of imide groups is 1. The Hall–Kier alpha value is -3.08. The third-order valence-electron chi connectivity index (χ3n) is 6.79. The monoisotopic (exact) mass is 415 g/mol. The van der Waals surface area contributed by atoms with E-state index >= 15 is 0 Å². The molecule has 1 saturated heterocycles. The van der Waals surface area contributed by atoms with E-state index in [4.69, 9.17) is 0 Å². The average molecular weight is 416 g/mol. The number of rotatable bonds is 5. The molecular weight excluding hydrogens is 386 g/mol. The van der Waals surface area contributed by atoms with Gasteiger partial charge in [0.05, 0.1) is 0 Å². The molecule has 0 unspecified atom stereocenters. The van der Waals surface area contributed by atoms with Gasteiger partial charge in [-0.1, -0.05) is 69.7 Å². The SMILES string of the molecule is CCCCN1C(=O)[C@@H]2Cc3c([nH]c4ccccc34)[C@@H](c3ccc(C(C)C)cc3)N2C1=O. The molecule has 1 N–H and O–H groups in total. The molecule has 3 amide bonds. The van der Waals surface area contributed by atoms with Gasteiger partial charge in [-0.15, -0.1) is 0 Å². The summed E-state index contributed by atoms with van der Waals surface area (Å²) in [6, 6.07) is 15.8. The van der Waals surface area contributed by atoms with Crippen LogP contribution in [0.15, 0.2) is 48.5 Å². The second-order valence-corrected chi connectivity index (χ2v) is 9.04. The van der Waals surface area contributed by atoms with Crippen LogP contribution in [0.5, 0.6) is 0 Å². The maximum atomic E-state index is 13.5. The van der Waals surface area contributed by atoms with Gasteiger partial charge in [0.15, 0.2) is 0 Å². The first-order chi connectivity index (χ1) is 15.0. The van der Waals surface area contributed by atoms with Gasteiger partial charge in [-0.2, -0.15) is 0 Å². The van der Waals surface area contributed by atoms with Crippen molar-refractivity contribution >= 4 is 22.8 Å². The van der Waals surface area contributed by atoms with Crippen molar-refractivity contribution in [2.45, 2.75) is 58.0 Å². The van der Waals surface area contributed by atoms with Crippen LogP contribution in [0.1, 0.15) is 68.0 Å². The van der Waals surface area contributed by atoms with E-state index in [0.29, 0.717) is 18.9 Å². The molecule has 3 heterocycles. The zero-order chi connectivity index (χ0) is 21.7. The lowest BCUT2D eigenvalue weighted by atomic mass is 9.88. The Morgan fingerprint density at radius 3 is 2.52 bits per heavy atom. The number of fused-ring (bicyclic) bond motifs is 4. The summed E-state index contributed by atoms with van der Waals surface area (Å²) < 4.78 is 0. The smallest absolute Gasteiger partial charge is 0.328 e. The molecule has 5 nitrogen and oxygen atoms in total. The van der Waals surface area contributed by atoms with Crippen molar-refractivity contribution in [1.82, 2.24) is 14.8 Å². The lowest BCUT2D eigenvalue weighted by Gasteiger charge is -2.36. The molecule has 1 aromatic heterocycles. The number of nitrogens with zero attached hydrogens (tertiary/aromatic N) is 2. The number of H-pyrrole nitrogens is 1. The minimum absolute atomic E-state index is 0.0572. The van der Waals surface area contributed by atoms with E-state index in [0.717, 1.165) is 40.6 Å². The van der Waals surface area contributed by atoms with E-state index in [1.54, 1.807) is 0 Å². The van der Waals surface area contributed by atoms with Gasteiger partial charge in [0.2, 0.25) is 0 Å². The average Bonchev–Trinajstić information content (AvgIpc) is 3.26. The van der Waals surface area contributed by atoms with Crippen molar-refractivity contribution in [3.8, 4) is 0 Å². The van der Waals surface area contributed by atoms with Crippen LogP contribution in [0.4, 0.5) is 4.79 Å². The maximum absolute atomic E-state index is 13.5. The fourth-order valence-electron chi connectivity index (χ4n) is 5.06. The molecular formula is C26H29N3O2. The number of aromatic amines is 1. The molecule has 2 atom stereocenters. The highest BCUT2D eigenvalue weighted by atomic mass is 16.2. The van der Waals surface area contributed by atoms with Gasteiger partial charge in [0, 0.05) is 29.6 Å². The zero-order valence-corrected chi connectivity index (χ0v) is 18.4. The number of benzene rings is 2. The normalized spacial score (nSPS) is 20.6. The standard InChI is InChI=1S/C26H29N3O2/c1-4-5-14-28-25(30)22-15-20-19-8-6-7-9-21(19)27-23(20)24(29(22)26(28)31)18-12-10-17(11-13-18)16(2)3/h6-13,16,22,24,27H,4-5,14-15H2,1-3H3/t22-,24+/m0/s1. The molecule has 0 aliphatic carbocycles. The molecule has 0 radical (unpaired) electrons. The van der Waals surface area contributed by atoms with Gasteiger partial charge >= 0.3 is 6.03 Å². The van der Waals surface area contributed by atoms with Crippen LogP contribution in [0, 0.1) is 0 Å². The molecule has 5 heteroatoms. The summed E-state index contributed by atoms with van der Waals surface area (Å²) in [6.45, 7) is 6.93. The molecule has 5 rings (SSSR count). The van der Waals surface area contributed by atoms with Crippen molar-refractivity contribution in [1.29, 1.82) is 0 Å². The van der Waals surface area contributed by atoms with Gasteiger partial charge in [-0.05, 0) is 35.1 Å². The molecule has 2 aromatic carbocycles. The van der Waals surface area contributed by atoms with E-state index in [1.165, 1.54) is 10.5 Å². The first kappa shape index (κ1) is 19.9. The van der Waals surface area contributed by atoms with Crippen LogP contribution >= 0.6 is 0 Å². The number of aromatic nitrogens is 1. The van der Waals surface area contributed by atoms with E-state index in [1.807, 2.05) is 17.0 Å². The van der Waals surface area contributed by atoms with Crippen LogP contribution in [0.25, 0.3) is 10.9 Å². The van der Waals surface area contributed by atoms with Crippen molar-refractivity contribution in [3.05, 3.63) is 70.9 Å². The molecule has 2 aliphatic heterocycles. The second kappa shape index (κ2) is 7.56. The summed E-state index contributed by atoms with van der Waals surface area (Å²) >= 11 is 0. The lowest BCUT2D eigenvalue weighted by molar-refractivity contribution is -0.128. The lowest BCUT2D eigenvalue weighted by Crippen LogP contribution is -2.44. The molecule has 1 fully saturated rings. The minimum atomic E-state index is -0.439. The van der Waals surface area contributed by atoms with Crippen LogP contribution < -0.4 is 0 Å². The number of hydrogen-bond donors (Lipinski definition) is 1. The van der Waals surface area contributed by atoms with Crippen molar-refractivity contribution < 1.29 is 9.59 Å². The Labute approximate surface area is 183 Å². The van der Waals surface area contributed by atoms with E-state index < -0.39 is 6.04 Å². The Morgan fingerprint density at radius 1 is 1.06 bits per heavy atom. The Kier molecular flexibility index (Phi) is 4.84. The third kappa shape index (κ3) is 3.06. The highest BCUT2D eigenvalue weighted by Gasteiger charge is 2.52. The Bertz CT molecular complexity index is 1150. The van der Waals surface area contributed by atoms with E-state index in [2.05, 4.69) is 62.2 Å². The van der Waals surface area contributed by atoms with Crippen LogP contribution in [-0.4, -0.2) is 39.3 Å². The summed E-state index contributed by atoms with van der Waals surface area (Å²) in [5, 5.41) is 1.15. The fourth-order valence-corrected chi connectivity index (χ4v) is 5.06. The van der Waals surface area contributed by atoms with Gasteiger partial charge in [0.25, 0.3) is 5.91 Å². The Morgan fingerprint density at radius 2 is 1.81 bits per heavy atom. The van der Waals surface area contributed by atoms with Gasteiger partial charge < -0.3 is 4.98 Å². The number of urea groups is 1. The summed E-state index contributed by atoms with van der Waals surface area (Å²) in [6.07, 6.45) is 2.35. The first-order valence-electron chi connectivity index (χ1n) is 11.3. The van der Waals surface area contributed by atoms with Crippen LogP contribution in [-0.2, 0) is 11.2 Å². The van der Waals surface area contributed by atoms with Crippen molar-refractivity contribution in [2.24, 2.45) is 0 Å². The van der Waals surface area contributed by atoms with Gasteiger partial charge in [0.1, 0.15) is 12.1 Å². The zero-order valence-electron chi connectivity index (χ0n) is 18.4. The topological polar surface area (TPSA) is 56.4 Å². The minimum Gasteiger partial charge on any atom is -0.356 e. The highest BCUT2D eigenvalue weighted by molar-refractivity contribution is 6.05.